The summed E-state index contributed by atoms with van der Waals surface area (Å²) in [5.41, 5.74) is 1.06. The van der Waals surface area contributed by atoms with Crippen molar-refractivity contribution in [3.63, 3.8) is 0 Å². The lowest BCUT2D eigenvalue weighted by molar-refractivity contribution is -0.133. The Morgan fingerprint density at radius 3 is 2.45 bits per heavy atom. The quantitative estimate of drug-likeness (QED) is 0.509. The number of benzene rings is 1. The van der Waals surface area contributed by atoms with Gasteiger partial charge in [-0.15, -0.1) is 11.3 Å². The molecule has 6 heteroatoms. The molecular formula is C23H26N2O3S. The second kappa shape index (κ2) is 10.1. The molecule has 2 amide bonds. The van der Waals surface area contributed by atoms with Crippen molar-refractivity contribution in [2.24, 2.45) is 0 Å². The molecule has 1 aromatic carbocycles. The van der Waals surface area contributed by atoms with Gasteiger partial charge in [-0.3, -0.25) is 9.59 Å². The summed E-state index contributed by atoms with van der Waals surface area (Å²) in [6.07, 6.45) is 2.23. The SMILES string of the molecule is CC[C@H](C)N(CC(=O)N(Cc1ccccc1)Cc1cccs1)C(=O)c1ccco1. The van der Waals surface area contributed by atoms with Crippen LogP contribution in [0.25, 0.3) is 0 Å². The van der Waals surface area contributed by atoms with E-state index in [1.165, 1.54) is 6.26 Å². The average Bonchev–Trinajstić information content (AvgIpc) is 3.45. The molecule has 0 saturated carbocycles. The second-order valence-electron chi connectivity index (χ2n) is 6.98. The molecule has 0 spiro atoms. The zero-order valence-corrected chi connectivity index (χ0v) is 17.6. The van der Waals surface area contributed by atoms with Gasteiger partial charge in [0.2, 0.25) is 5.91 Å². The summed E-state index contributed by atoms with van der Waals surface area (Å²) in [7, 11) is 0. The van der Waals surface area contributed by atoms with E-state index < -0.39 is 0 Å². The smallest absolute Gasteiger partial charge is 0.290 e. The Bertz CT molecular complexity index is 892. The fourth-order valence-electron chi connectivity index (χ4n) is 3.06. The van der Waals surface area contributed by atoms with Crippen molar-refractivity contribution in [3.8, 4) is 0 Å². The summed E-state index contributed by atoms with van der Waals surface area (Å²) in [6.45, 7) is 5.00. The van der Waals surface area contributed by atoms with Gasteiger partial charge in [0.15, 0.2) is 5.76 Å². The van der Waals surface area contributed by atoms with Gasteiger partial charge in [-0.05, 0) is 42.5 Å². The minimum atomic E-state index is -0.256. The molecule has 0 bridgehead atoms. The number of thiophene rings is 1. The lowest BCUT2D eigenvalue weighted by atomic mass is 10.2. The molecule has 2 aromatic heterocycles. The predicted molar refractivity (Wildman–Crippen MR) is 115 cm³/mol. The van der Waals surface area contributed by atoms with Gasteiger partial charge < -0.3 is 14.2 Å². The van der Waals surface area contributed by atoms with Gasteiger partial charge in [-0.25, -0.2) is 0 Å². The van der Waals surface area contributed by atoms with Crippen LogP contribution in [0.15, 0.2) is 70.7 Å². The number of carbonyl (C=O) groups is 2. The fraction of sp³-hybridized carbons (Fsp3) is 0.304. The third kappa shape index (κ3) is 5.57. The monoisotopic (exact) mass is 410 g/mol. The van der Waals surface area contributed by atoms with Crippen molar-refractivity contribution in [3.05, 3.63) is 82.4 Å². The molecule has 0 aliphatic heterocycles. The molecule has 0 unspecified atom stereocenters. The molecule has 0 aliphatic rings. The lowest BCUT2D eigenvalue weighted by Gasteiger charge is -2.30. The van der Waals surface area contributed by atoms with E-state index in [-0.39, 0.29) is 30.2 Å². The van der Waals surface area contributed by atoms with E-state index >= 15 is 0 Å². The molecule has 152 valence electrons. The van der Waals surface area contributed by atoms with Crippen molar-refractivity contribution in [2.75, 3.05) is 6.54 Å². The van der Waals surface area contributed by atoms with Gasteiger partial charge in [0, 0.05) is 17.5 Å². The summed E-state index contributed by atoms with van der Waals surface area (Å²) in [5.74, 6) is -0.0816. The first-order valence-electron chi connectivity index (χ1n) is 9.77. The number of nitrogens with zero attached hydrogens (tertiary/aromatic N) is 2. The Balaban J connectivity index is 1.79. The minimum absolute atomic E-state index is 0.0206. The van der Waals surface area contributed by atoms with Crippen LogP contribution in [0.3, 0.4) is 0 Å². The second-order valence-corrected chi connectivity index (χ2v) is 8.01. The van der Waals surface area contributed by atoms with Crippen LogP contribution in [0.1, 0.15) is 41.3 Å². The van der Waals surface area contributed by atoms with Crippen molar-refractivity contribution in [1.82, 2.24) is 9.80 Å². The highest BCUT2D eigenvalue weighted by molar-refractivity contribution is 7.09. The largest absolute Gasteiger partial charge is 0.459 e. The van der Waals surface area contributed by atoms with Crippen molar-refractivity contribution in [1.29, 1.82) is 0 Å². The molecule has 0 fully saturated rings. The summed E-state index contributed by atoms with van der Waals surface area (Å²) < 4.78 is 5.28. The van der Waals surface area contributed by atoms with Crippen molar-refractivity contribution in [2.45, 2.75) is 39.4 Å². The van der Waals surface area contributed by atoms with E-state index in [9.17, 15) is 9.59 Å². The molecule has 0 aliphatic carbocycles. The van der Waals surface area contributed by atoms with Gasteiger partial charge in [0.05, 0.1) is 12.8 Å². The predicted octanol–water partition coefficient (Wildman–Crippen LogP) is 4.81. The maximum atomic E-state index is 13.3. The first-order chi connectivity index (χ1) is 14.1. The summed E-state index contributed by atoms with van der Waals surface area (Å²) in [4.78, 5) is 30.7. The van der Waals surface area contributed by atoms with E-state index in [0.29, 0.717) is 13.1 Å². The zero-order valence-electron chi connectivity index (χ0n) is 16.8. The number of hydrogen-bond acceptors (Lipinski definition) is 4. The number of amides is 2. The molecule has 3 aromatic rings. The molecular weight excluding hydrogens is 384 g/mol. The Morgan fingerprint density at radius 1 is 1.03 bits per heavy atom. The molecule has 5 nitrogen and oxygen atoms in total. The standard InChI is InChI=1S/C23H26N2O3S/c1-3-18(2)25(23(27)21-12-7-13-28-21)17-22(26)24(16-20-11-8-14-29-20)15-19-9-5-4-6-10-19/h4-14,18H,3,15-17H2,1-2H3/t18-/m0/s1. The Kier molecular flexibility index (Phi) is 7.25. The fourth-order valence-corrected chi connectivity index (χ4v) is 3.78. The normalized spacial score (nSPS) is 11.8. The molecule has 3 rings (SSSR count). The Morgan fingerprint density at radius 2 is 1.83 bits per heavy atom. The van der Waals surface area contributed by atoms with Crippen LogP contribution in [0.5, 0.6) is 0 Å². The Hall–Kier alpha value is -2.86. The molecule has 0 saturated heterocycles. The van der Waals surface area contributed by atoms with Gasteiger partial charge in [-0.1, -0.05) is 43.3 Å². The number of carbonyl (C=O) groups excluding carboxylic acids is 2. The Labute approximate surface area is 175 Å². The summed E-state index contributed by atoms with van der Waals surface area (Å²) in [6, 6.07) is 17.2. The maximum absolute atomic E-state index is 13.3. The van der Waals surface area contributed by atoms with Gasteiger partial charge in [0.1, 0.15) is 6.54 Å². The van der Waals surface area contributed by atoms with Crippen molar-refractivity contribution < 1.29 is 14.0 Å². The van der Waals surface area contributed by atoms with E-state index in [4.69, 9.17) is 4.42 Å². The van der Waals surface area contributed by atoms with Gasteiger partial charge in [-0.2, -0.15) is 0 Å². The topological polar surface area (TPSA) is 53.8 Å². The van der Waals surface area contributed by atoms with Crippen LogP contribution in [-0.2, 0) is 17.9 Å². The van der Waals surface area contributed by atoms with E-state index in [2.05, 4.69) is 0 Å². The van der Waals surface area contributed by atoms with Gasteiger partial charge in [0.25, 0.3) is 5.91 Å². The van der Waals surface area contributed by atoms with Gasteiger partial charge >= 0.3 is 0 Å². The molecule has 1 atom stereocenters. The van der Waals surface area contributed by atoms with Crippen LogP contribution in [0.2, 0.25) is 0 Å². The minimum Gasteiger partial charge on any atom is -0.459 e. The molecule has 29 heavy (non-hydrogen) atoms. The summed E-state index contributed by atoms with van der Waals surface area (Å²) in [5, 5.41) is 2.01. The first kappa shape index (κ1) is 20.9. The highest BCUT2D eigenvalue weighted by atomic mass is 32.1. The van der Waals surface area contributed by atoms with Crippen LogP contribution < -0.4 is 0 Å². The van der Waals surface area contributed by atoms with E-state index in [1.807, 2.05) is 66.6 Å². The lowest BCUT2D eigenvalue weighted by Crippen LogP contribution is -2.46. The van der Waals surface area contributed by atoms with Crippen LogP contribution in [0.4, 0.5) is 0 Å². The average molecular weight is 411 g/mol. The third-order valence-electron chi connectivity index (χ3n) is 4.92. The van der Waals surface area contributed by atoms with E-state index in [1.54, 1.807) is 28.4 Å². The number of furan rings is 1. The summed E-state index contributed by atoms with van der Waals surface area (Å²) >= 11 is 1.62. The van der Waals surface area contributed by atoms with E-state index in [0.717, 1.165) is 16.9 Å². The van der Waals surface area contributed by atoms with Crippen LogP contribution in [0, 0.1) is 0 Å². The molecule has 0 N–H and O–H groups in total. The third-order valence-corrected chi connectivity index (χ3v) is 5.78. The highest BCUT2D eigenvalue weighted by Gasteiger charge is 2.27. The molecule has 0 radical (unpaired) electrons. The van der Waals surface area contributed by atoms with Crippen molar-refractivity contribution >= 4 is 23.2 Å². The number of rotatable bonds is 9. The van der Waals surface area contributed by atoms with Crippen LogP contribution >= 0.6 is 11.3 Å². The molecule has 2 heterocycles. The van der Waals surface area contributed by atoms with Crippen LogP contribution in [-0.4, -0.2) is 34.2 Å². The highest BCUT2D eigenvalue weighted by Crippen LogP contribution is 2.17. The number of hydrogen-bond donors (Lipinski definition) is 0. The maximum Gasteiger partial charge on any atom is 0.290 e. The first-order valence-corrected chi connectivity index (χ1v) is 10.6. The zero-order chi connectivity index (χ0) is 20.6.